The Morgan fingerprint density at radius 3 is 2.52 bits per heavy atom. The molecule has 1 aliphatic rings. The molecule has 0 atom stereocenters. The van der Waals surface area contributed by atoms with Gasteiger partial charge in [-0.15, -0.1) is 0 Å². The fourth-order valence-corrected chi connectivity index (χ4v) is 2.41. The van der Waals surface area contributed by atoms with Crippen molar-refractivity contribution >= 4 is 12.6 Å². The van der Waals surface area contributed by atoms with Gasteiger partial charge in [-0.2, -0.15) is 5.26 Å². The third kappa shape index (κ3) is 3.50. The van der Waals surface area contributed by atoms with Gasteiger partial charge in [0.1, 0.15) is 18.2 Å². The highest BCUT2D eigenvalue weighted by molar-refractivity contribution is 6.62. The summed E-state index contributed by atoms with van der Waals surface area (Å²) in [5.41, 5.74) is 1.06. The molecule has 0 saturated carbocycles. The Morgan fingerprint density at radius 2 is 1.92 bits per heavy atom. The van der Waals surface area contributed by atoms with Crippen molar-refractivity contribution in [2.75, 3.05) is 0 Å². The van der Waals surface area contributed by atoms with Crippen molar-refractivity contribution in [3.63, 3.8) is 0 Å². The van der Waals surface area contributed by atoms with Crippen LogP contribution in [-0.4, -0.2) is 28.3 Å². The molecule has 3 rings (SSSR count). The summed E-state index contributed by atoms with van der Waals surface area (Å²) < 4.78 is 17.7. The van der Waals surface area contributed by atoms with Crippen molar-refractivity contribution in [3.8, 4) is 11.9 Å². The minimum Gasteiger partial charge on any atom is -0.472 e. The topological polar surface area (TPSA) is 77.3 Å². The highest BCUT2D eigenvalue weighted by Gasteiger charge is 2.51. The van der Waals surface area contributed by atoms with E-state index in [1.807, 2.05) is 39.8 Å². The molecule has 0 bridgehead atoms. The van der Waals surface area contributed by atoms with Gasteiger partial charge in [-0.05, 0) is 39.8 Å². The smallest absolute Gasteiger partial charge is 0.472 e. The molecule has 128 valence electrons. The molecule has 0 amide bonds. The number of ether oxygens (including phenoxy) is 1. The molecular formula is C18H20BN3O3. The van der Waals surface area contributed by atoms with Gasteiger partial charge < -0.3 is 14.0 Å². The van der Waals surface area contributed by atoms with Gasteiger partial charge in [0.25, 0.3) is 0 Å². The van der Waals surface area contributed by atoms with Crippen molar-refractivity contribution in [2.45, 2.75) is 45.5 Å². The zero-order chi connectivity index (χ0) is 18.1. The fraction of sp³-hybridized carbons (Fsp3) is 0.389. The molecule has 0 radical (unpaired) electrons. The Labute approximate surface area is 147 Å². The summed E-state index contributed by atoms with van der Waals surface area (Å²) in [6.45, 7) is 8.23. The number of nitrogens with zero attached hydrogens (tertiary/aromatic N) is 3. The van der Waals surface area contributed by atoms with E-state index >= 15 is 0 Å². The molecule has 2 aromatic rings. The van der Waals surface area contributed by atoms with Crippen molar-refractivity contribution in [2.24, 2.45) is 0 Å². The van der Waals surface area contributed by atoms with Crippen LogP contribution in [0, 0.1) is 11.3 Å². The summed E-state index contributed by atoms with van der Waals surface area (Å²) in [7, 11) is -0.558. The lowest BCUT2D eigenvalue weighted by atomic mass is 9.80. The lowest BCUT2D eigenvalue weighted by Crippen LogP contribution is -2.41. The fourth-order valence-electron chi connectivity index (χ4n) is 2.41. The Bertz CT molecular complexity index is 787. The SMILES string of the molecule is CC1(C)OB(c2cnc(OCc3cccnc3)c(C#N)c2)OC1(C)C. The minimum absolute atomic E-state index is 0.284. The summed E-state index contributed by atoms with van der Waals surface area (Å²) >= 11 is 0. The third-order valence-electron chi connectivity index (χ3n) is 4.62. The van der Waals surface area contributed by atoms with Gasteiger partial charge in [0.15, 0.2) is 0 Å². The van der Waals surface area contributed by atoms with E-state index in [1.165, 1.54) is 0 Å². The summed E-state index contributed by atoms with van der Waals surface area (Å²) in [6, 6.07) is 7.56. The second kappa shape index (κ2) is 6.47. The molecule has 0 spiro atoms. The van der Waals surface area contributed by atoms with Gasteiger partial charge >= 0.3 is 7.12 Å². The average molecular weight is 337 g/mol. The molecule has 1 aliphatic heterocycles. The van der Waals surface area contributed by atoms with Gasteiger partial charge in [0, 0.05) is 29.6 Å². The summed E-state index contributed by atoms with van der Waals surface area (Å²) in [5, 5.41) is 9.42. The van der Waals surface area contributed by atoms with E-state index in [0.717, 1.165) is 5.56 Å². The first-order valence-electron chi connectivity index (χ1n) is 8.10. The van der Waals surface area contributed by atoms with E-state index < -0.39 is 18.3 Å². The molecule has 6 nitrogen and oxygen atoms in total. The zero-order valence-electron chi connectivity index (χ0n) is 14.8. The van der Waals surface area contributed by atoms with E-state index in [4.69, 9.17) is 14.0 Å². The van der Waals surface area contributed by atoms with Crippen LogP contribution in [0.4, 0.5) is 0 Å². The first-order chi connectivity index (χ1) is 11.8. The van der Waals surface area contributed by atoms with Crippen LogP contribution in [-0.2, 0) is 15.9 Å². The molecule has 0 aromatic carbocycles. The average Bonchev–Trinajstić information content (AvgIpc) is 2.81. The molecule has 7 heteroatoms. The van der Waals surface area contributed by atoms with E-state index in [2.05, 4.69) is 16.0 Å². The Hall–Kier alpha value is -2.43. The first-order valence-corrected chi connectivity index (χ1v) is 8.10. The third-order valence-corrected chi connectivity index (χ3v) is 4.62. The molecule has 3 heterocycles. The van der Waals surface area contributed by atoms with E-state index in [-0.39, 0.29) is 5.88 Å². The standard InChI is InChI=1S/C18H20BN3O3/c1-17(2)18(3,4)25-19(24-17)15-8-14(9-20)16(22-11-15)23-12-13-6-5-7-21-10-13/h5-8,10-11H,12H2,1-4H3. The van der Waals surface area contributed by atoms with Crippen LogP contribution in [0.15, 0.2) is 36.8 Å². The van der Waals surface area contributed by atoms with Crippen LogP contribution in [0.5, 0.6) is 5.88 Å². The van der Waals surface area contributed by atoms with E-state index in [0.29, 0.717) is 17.6 Å². The van der Waals surface area contributed by atoms with Crippen molar-refractivity contribution in [1.82, 2.24) is 9.97 Å². The Morgan fingerprint density at radius 1 is 1.20 bits per heavy atom. The van der Waals surface area contributed by atoms with Crippen LogP contribution in [0.2, 0.25) is 0 Å². The largest absolute Gasteiger partial charge is 0.496 e. The lowest BCUT2D eigenvalue weighted by molar-refractivity contribution is 0.00578. The monoisotopic (exact) mass is 337 g/mol. The maximum absolute atomic E-state index is 9.42. The number of pyridine rings is 2. The van der Waals surface area contributed by atoms with Gasteiger partial charge in [-0.1, -0.05) is 6.07 Å². The molecular weight excluding hydrogens is 317 g/mol. The zero-order valence-corrected chi connectivity index (χ0v) is 14.8. The van der Waals surface area contributed by atoms with Crippen molar-refractivity contribution < 1.29 is 14.0 Å². The molecule has 2 aromatic heterocycles. The van der Waals surface area contributed by atoms with Gasteiger partial charge in [-0.25, -0.2) is 4.98 Å². The second-order valence-corrected chi connectivity index (χ2v) is 6.97. The summed E-state index contributed by atoms with van der Waals surface area (Å²) in [4.78, 5) is 8.31. The molecule has 1 saturated heterocycles. The van der Waals surface area contributed by atoms with Crippen LogP contribution in [0.3, 0.4) is 0 Å². The van der Waals surface area contributed by atoms with Gasteiger partial charge in [0.05, 0.1) is 11.2 Å². The lowest BCUT2D eigenvalue weighted by Gasteiger charge is -2.32. The number of aromatic nitrogens is 2. The summed E-state index contributed by atoms with van der Waals surface area (Å²) in [5.74, 6) is 0.284. The molecule has 25 heavy (non-hydrogen) atoms. The normalized spacial score (nSPS) is 18.0. The highest BCUT2D eigenvalue weighted by atomic mass is 16.7. The highest BCUT2D eigenvalue weighted by Crippen LogP contribution is 2.36. The number of rotatable bonds is 4. The number of hydrogen-bond donors (Lipinski definition) is 0. The predicted molar refractivity (Wildman–Crippen MR) is 93.2 cm³/mol. The van der Waals surface area contributed by atoms with Crippen molar-refractivity contribution in [3.05, 3.63) is 47.9 Å². The first kappa shape index (κ1) is 17.4. The van der Waals surface area contributed by atoms with Crippen LogP contribution >= 0.6 is 0 Å². The Kier molecular flexibility index (Phi) is 4.50. The van der Waals surface area contributed by atoms with Crippen LogP contribution in [0.25, 0.3) is 0 Å². The number of hydrogen-bond acceptors (Lipinski definition) is 6. The number of nitriles is 1. The predicted octanol–water partition coefficient (Wildman–Crippen LogP) is 2.23. The van der Waals surface area contributed by atoms with Crippen LogP contribution < -0.4 is 10.2 Å². The van der Waals surface area contributed by atoms with Crippen molar-refractivity contribution in [1.29, 1.82) is 5.26 Å². The minimum atomic E-state index is -0.558. The van der Waals surface area contributed by atoms with E-state index in [1.54, 1.807) is 24.7 Å². The molecule has 0 unspecified atom stereocenters. The van der Waals surface area contributed by atoms with E-state index in [9.17, 15) is 5.26 Å². The maximum Gasteiger partial charge on any atom is 0.496 e. The summed E-state index contributed by atoms with van der Waals surface area (Å²) in [6.07, 6.45) is 5.04. The molecule has 1 fully saturated rings. The Balaban J connectivity index is 1.78. The van der Waals surface area contributed by atoms with Gasteiger partial charge in [-0.3, -0.25) is 4.98 Å². The maximum atomic E-state index is 9.42. The molecule has 0 aliphatic carbocycles. The molecule has 0 N–H and O–H groups in total. The second-order valence-electron chi connectivity index (χ2n) is 6.97. The van der Waals surface area contributed by atoms with Gasteiger partial charge in [0.2, 0.25) is 5.88 Å². The van der Waals surface area contributed by atoms with Crippen LogP contribution in [0.1, 0.15) is 38.8 Å². The quantitative estimate of drug-likeness (QED) is 0.796.